The maximum atomic E-state index is 12.1. The highest BCUT2D eigenvalue weighted by Gasteiger charge is 2.13. The average molecular weight is 377 g/mol. The molecule has 3 aromatic rings. The number of fused-ring (bicyclic) bond motifs is 1. The predicted molar refractivity (Wildman–Crippen MR) is 101 cm³/mol. The first kappa shape index (κ1) is 19.0. The van der Waals surface area contributed by atoms with Crippen LogP contribution in [0.15, 0.2) is 48.5 Å². The molecule has 0 saturated carbocycles. The molecule has 0 atom stereocenters. The fourth-order valence-electron chi connectivity index (χ4n) is 2.62. The van der Waals surface area contributed by atoms with Crippen LogP contribution in [-0.2, 0) is 16.1 Å². The molecule has 1 amide bonds. The zero-order chi connectivity index (χ0) is 19.9. The van der Waals surface area contributed by atoms with Crippen molar-refractivity contribution in [1.82, 2.24) is 19.9 Å². The minimum atomic E-state index is -0.570. The van der Waals surface area contributed by atoms with E-state index in [2.05, 4.69) is 10.3 Å². The predicted octanol–water partition coefficient (Wildman–Crippen LogP) is 2.01. The Morgan fingerprint density at radius 3 is 2.68 bits per heavy atom. The fraction of sp³-hybridized carbons (Fsp3) is 0.250. The third-order valence-electron chi connectivity index (χ3n) is 4.25. The fourth-order valence-corrected chi connectivity index (χ4v) is 2.62. The van der Waals surface area contributed by atoms with Gasteiger partial charge in [0.2, 0.25) is 0 Å². The van der Waals surface area contributed by atoms with Crippen LogP contribution in [0, 0.1) is 11.3 Å². The molecule has 28 heavy (non-hydrogen) atoms. The van der Waals surface area contributed by atoms with Crippen molar-refractivity contribution in [1.29, 1.82) is 5.26 Å². The van der Waals surface area contributed by atoms with Crippen molar-refractivity contribution in [2.24, 2.45) is 0 Å². The van der Waals surface area contributed by atoms with Gasteiger partial charge in [-0.1, -0.05) is 29.5 Å². The molecule has 2 aromatic carbocycles. The molecule has 0 radical (unpaired) electrons. The van der Waals surface area contributed by atoms with E-state index in [1.807, 2.05) is 42.5 Å². The molecule has 0 N–H and O–H groups in total. The maximum absolute atomic E-state index is 12.1. The molecule has 1 heterocycles. The lowest BCUT2D eigenvalue weighted by Gasteiger charge is -2.15. The first-order valence-electron chi connectivity index (χ1n) is 8.73. The van der Waals surface area contributed by atoms with Crippen LogP contribution in [-0.4, -0.2) is 52.0 Å². The van der Waals surface area contributed by atoms with Gasteiger partial charge in [0.05, 0.1) is 30.1 Å². The number of hydrogen-bond acceptors (Lipinski definition) is 6. The highest BCUT2D eigenvalue weighted by Crippen LogP contribution is 2.13. The number of esters is 1. The second-order valence-electron chi connectivity index (χ2n) is 6.23. The van der Waals surface area contributed by atoms with Crippen molar-refractivity contribution in [3.05, 3.63) is 59.7 Å². The number of hydrogen-bond donors (Lipinski definition) is 0. The lowest BCUT2D eigenvalue weighted by atomic mass is 10.1. The van der Waals surface area contributed by atoms with E-state index in [4.69, 9.17) is 10.00 Å². The van der Waals surface area contributed by atoms with E-state index >= 15 is 0 Å². The molecule has 8 nitrogen and oxygen atoms in total. The molecule has 3 rings (SSSR count). The Balaban J connectivity index is 1.57. The number of ether oxygens (including phenoxy) is 1. The molecule has 0 aliphatic heterocycles. The molecule has 0 bridgehead atoms. The Bertz CT molecular complexity index is 1020. The first-order valence-corrected chi connectivity index (χ1v) is 8.73. The van der Waals surface area contributed by atoms with Crippen molar-refractivity contribution in [2.45, 2.75) is 13.0 Å². The molecule has 0 aliphatic rings. The third-order valence-corrected chi connectivity index (χ3v) is 4.25. The zero-order valence-electron chi connectivity index (χ0n) is 15.4. The van der Waals surface area contributed by atoms with E-state index in [-0.39, 0.29) is 18.9 Å². The van der Waals surface area contributed by atoms with Gasteiger partial charge in [-0.15, -0.1) is 5.10 Å². The summed E-state index contributed by atoms with van der Waals surface area (Å²) in [6.45, 7) is 0.476. The monoisotopic (exact) mass is 377 g/mol. The van der Waals surface area contributed by atoms with Crippen molar-refractivity contribution < 1.29 is 14.3 Å². The molecule has 142 valence electrons. The van der Waals surface area contributed by atoms with Crippen LogP contribution in [0.5, 0.6) is 0 Å². The quantitative estimate of drug-likeness (QED) is 0.584. The maximum Gasteiger partial charge on any atom is 0.338 e. The molecule has 0 aliphatic carbocycles. The number of carbonyl (C=O) groups excluding carboxylic acids is 2. The Kier molecular flexibility index (Phi) is 5.97. The number of rotatable bonds is 7. The van der Waals surface area contributed by atoms with Gasteiger partial charge in [-0.05, 0) is 29.8 Å². The van der Waals surface area contributed by atoms with E-state index < -0.39 is 5.97 Å². The number of benzene rings is 2. The van der Waals surface area contributed by atoms with Crippen LogP contribution in [0.25, 0.3) is 11.0 Å². The van der Waals surface area contributed by atoms with E-state index in [0.717, 1.165) is 16.6 Å². The van der Waals surface area contributed by atoms with E-state index in [9.17, 15) is 9.59 Å². The van der Waals surface area contributed by atoms with Gasteiger partial charge >= 0.3 is 5.97 Å². The van der Waals surface area contributed by atoms with Crippen molar-refractivity contribution in [2.75, 3.05) is 20.2 Å². The summed E-state index contributed by atoms with van der Waals surface area (Å²) in [6, 6.07) is 16.6. The number of nitriles is 1. The highest BCUT2D eigenvalue weighted by molar-refractivity contribution is 5.91. The van der Waals surface area contributed by atoms with Crippen molar-refractivity contribution in [3.63, 3.8) is 0 Å². The van der Waals surface area contributed by atoms with Gasteiger partial charge in [0, 0.05) is 13.6 Å². The number of carbonyl (C=O) groups is 2. The van der Waals surface area contributed by atoms with Crippen LogP contribution in [0.3, 0.4) is 0 Å². The van der Waals surface area contributed by atoms with Gasteiger partial charge in [-0.25, -0.2) is 9.48 Å². The van der Waals surface area contributed by atoms with Gasteiger partial charge in [0.25, 0.3) is 5.91 Å². The Labute approximate surface area is 161 Å². The highest BCUT2D eigenvalue weighted by atomic mass is 16.5. The number of para-hydroxylation sites is 1. The third kappa shape index (κ3) is 4.51. The van der Waals surface area contributed by atoms with Gasteiger partial charge in [-0.2, -0.15) is 5.26 Å². The number of aromatic nitrogens is 3. The summed E-state index contributed by atoms with van der Waals surface area (Å²) < 4.78 is 6.84. The van der Waals surface area contributed by atoms with Crippen molar-refractivity contribution in [3.8, 4) is 6.07 Å². The largest absolute Gasteiger partial charge is 0.452 e. The summed E-state index contributed by atoms with van der Waals surface area (Å²) in [7, 11) is 1.57. The topological polar surface area (TPSA) is 101 Å². The molecular weight excluding hydrogens is 358 g/mol. The minimum Gasteiger partial charge on any atom is -0.452 e. The van der Waals surface area contributed by atoms with E-state index in [1.165, 1.54) is 4.90 Å². The Hall–Kier alpha value is -3.73. The summed E-state index contributed by atoms with van der Waals surface area (Å²) in [5.74, 6) is -0.918. The zero-order valence-corrected chi connectivity index (χ0v) is 15.4. The summed E-state index contributed by atoms with van der Waals surface area (Å²) >= 11 is 0. The standard InChI is InChI=1S/C20H19N5O3/c1-24(12-4-11-21)19(26)14-28-20(27)16-9-7-15(8-10-16)13-25-18-6-3-2-5-17(18)22-23-25/h2-3,5-10H,4,12-14H2,1H3. The van der Waals surface area contributed by atoms with Gasteiger partial charge in [0.15, 0.2) is 6.61 Å². The summed E-state index contributed by atoms with van der Waals surface area (Å²) in [6.07, 6.45) is 0.235. The summed E-state index contributed by atoms with van der Waals surface area (Å²) in [5.41, 5.74) is 3.08. The second kappa shape index (κ2) is 8.77. The molecule has 0 unspecified atom stereocenters. The smallest absolute Gasteiger partial charge is 0.338 e. The molecule has 0 spiro atoms. The number of nitrogens with zero attached hydrogens (tertiary/aromatic N) is 5. The normalized spacial score (nSPS) is 10.4. The summed E-state index contributed by atoms with van der Waals surface area (Å²) in [4.78, 5) is 25.3. The lowest BCUT2D eigenvalue weighted by Crippen LogP contribution is -2.31. The van der Waals surface area contributed by atoms with E-state index in [1.54, 1.807) is 23.9 Å². The minimum absolute atomic E-state index is 0.235. The number of amides is 1. The van der Waals surface area contributed by atoms with Gasteiger partial charge in [0.1, 0.15) is 5.52 Å². The van der Waals surface area contributed by atoms with Gasteiger partial charge in [-0.3, -0.25) is 4.79 Å². The van der Waals surface area contributed by atoms with Crippen molar-refractivity contribution >= 4 is 22.9 Å². The van der Waals surface area contributed by atoms with Crippen LogP contribution in [0.2, 0.25) is 0 Å². The Morgan fingerprint density at radius 1 is 1.18 bits per heavy atom. The van der Waals surface area contributed by atoms with Gasteiger partial charge < -0.3 is 9.64 Å². The van der Waals surface area contributed by atoms with Crippen LogP contribution in [0.1, 0.15) is 22.3 Å². The van der Waals surface area contributed by atoms with Crippen LogP contribution < -0.4 is 0 Å². The SMILES string of the molecule is CN(CCC#N)C(=O)COC(=O)c1ccc(Cn2nnc3ccccc32)cc1. The average Bonchev–Trinajstić information content (AvgIpc) is 3.13. The number of likely N-dealkylation sites (N-methyl/N-ethyl adjacent to an activating group) is 1. The van der Waals surface area contributed by atoms with Crippen LogP contribution in [0.4, 0.5) is 0 Å². The lowest BCUT2D eigenvalue weighted by molar-refractivity contribution is -0.133. The Morgan fingerprint density at radius 2 is 1.93 bits per heavy atom. The molecular formula is C20H19N5O3. The van der Waals surface area contributed by atoms with E-state index in [0.29, 0.717) is 18.7 Å². The second-order valence-corrected chi connectivity index (χ2v) is 6.23. The summed E-state index contributed by atoms with van der Waals surface area (Å²) in [5, 5.41) is 16.8. The molecule has 0 fully saturated rings. The molecule has 8 heteroatoms. The first-order chi connectivity index (χ1) is 13.6. The molecule has 0 saturated heterocycles. The van der Waals surface area contributed by atoms with Crippen LogP contribution >= 0.6 is 0 Å². The molecule has 1 aromatic heterocycles.